The Labute approximate surface area is 228 Å². The van der Waals surface area contributed by atoms with Gasteiger partial charge in [-0.15, -0.1) is 10.2 Å². The number of nitrogens with one attached hydrogen (secondary N) is 1. The third kappa shape index (κ3) is 5.08. The zero-order valence-electron chi connectivity index (χ0n) is 22.4. The van der Waals surface area contributed by atoms with Crippen molar-refractivity contribution in [1.29, 1.82) is 5.26 Å². The normalized spacial score (nSPS) is 20.9. The molecular weight excluding hydrogens is 493 g/mol. The first kappa shape index (κ1) is 25.7. The molecule has 1 aliphatic carbocycles. The minimum atomic E-state index is -1.50. The maximum atomic E-state index is 15.8. The summed E-state index contributed by atoms with van der Waals surface area (Å²) in [6, 6.07) is 12.9. The molecule has 0 bridgehead atoms. The van der Waals surface area contributed by atoms with Gasteiger partial charge in [0.05, 0.1) is 17.7 Å². The van der Waals surface area contributed by atoms with Crippen LogP contribution in [0.3, 0.4) is 0 Å². The molecule has 1 amide bonds. The average Bonchev–Trinajstić information content (AvgIpc) is 3.61. The highest BCUT2D eigenvalue weighted by molar-refractivity contribution is 5.97. The number of nitriles is 1. The molecule has 3 aromatic rings. The summed E-state index contributed by atoms with van der Waals surface area (Å²) in [5.41, 5.74) is 3.31. The van der Waals surface area contributed by atoms with Crippen molar-refractivity contribution in [2.24, 2.45) is 0 Å². The second-order valence-corrected chi connectivity index (χ2v) is 11.3. The molecule has 3 heterocycles. The largest absolute Gasteiger partial charge is 0.378 e. The van der Waals surface area contributed by atoms with Gasteiger partial charge in [-0.2, -0.15) is 5.26 Å². The van der Waals surface area contributed by atoms with Gasteiger partial charge in [0.2, 0.25) is 0 Å². The third-order valence-electron chi connectivity index (χ3n) is 8.78. The Balaban J connectivity index is 1.23. The number of carbonyl (C=O) groups is 1. The van der Waals surface area contributed by atoms with Crippen molar-refractivity contribution < 1.29 is 13.9 Å². The molecule has 202 valence electrons. The Bertz CT molecular complexity index is 1390. The first-order chi connectivity index (χ1) is 18.9. The predicted octanol–water partition coefficient (Wildman–Crippen LogP) is 5.74. The van der Waals surface area contributed by atoms with E-state index in [9.17, 15) is 4.79 Å². The first-order valence-corrected chi connectivity index (χ1v) is 14.1. The van der Waals surface area contributed by atoms with Crippen LogP contribution in [0.4, 0.5) is 4.39 Å². The van der Waals surface area contributed by atoms with E-state index < -0.39 is 5.67 Å². The number of aromatic amines is 1. The molecule has 0 radical (unpaired) electrons. The lowest BCUT2D eigenvalue weighted by atomic mass is 9.77. The van der Waals surface area contributed by atoms with Crippen LogP contribution in [0.5, 0.6) is 0 Å². The number of carbonyl (C=O) groups excluding carboxylic acids is 1. The number of alkyl halides is 1. The van der Waals surface area contributed by atoms with Gasteiger partial charge in [0, 0.05) is 50.1 Å². The molecule has 3 aliphatic rings. The lowest BCUT2D eigenvalue weighted by Gasteiger charge is -2.37. The number of benzene rings is 2. The fraction of sp³-hybridized carbons (Fsp3) is 0.484. The number of amides is 1. The molecule has 2 aliphatic heterocycles. The molecule has 0 spiro atoms. The van der Waals surface area contributed by atoms with Crippen LogP contribution in [-0.2, 0) is 16.8 Å². The lowest BCUT2D eigenvalue weighted by molar-refractivity contribution is 0.0421. The van der Waals surface area contributed by atoms with E-state index in [0.29, 0.717) is 47.9 Å². The van der Waals surface area contributed by atoms with Crippen LogP contribution < -0.4 is 0 Å². The number of halogens is 1. The molecule has 1 aromatic heterocycles. The van der Waals surface area contributed by atoms with E-state index in [4.69, 9.17) is 10.00 Å². The molecular formula is C31H34FN5O2. The summed E-state index contributed by atoms with van der Waals surface area (Å²) < 4.78 is 21.6. The van der Waals surface area contributed by atoms with Crippen LogP contribution in [0.15, 0.2) is 36.4 Å². The van der Waals surface area contributed by atoms with Gasteiger partial charge in [0.25, 0.3) is 5.91 Å². The van der Waals surface area contributed by atoms with Crippen molar-refractivity contribution in [2.75, 3.05) is 19.7 Å². The van der Waals surface area contributed by atoms with E-state index in [-0.39, 0.29) is 24.9 Å². The highest BCUT2D eigenvalue weighted by Gasteiger charge is 2.38. The standard InChI is InChI=1S/C31H34FN5O2/c1-20-16-26(22-4-2-5-22)27(29-34-28(35-36-29)17-24-6-3-15-39-24)18-25(20)30(38)37-13-11-31(32,12-14-37)23-9-7-21(19-33)8-10-23/h7-10,16,18,22,24H,2-6,11-15,17H2,1H3,(H,34,35,36)/t24-/m0/s1. The SMILES string of the molecule is Cc1cc(C2CCC2)c(-c2nnc(C[C@@H]3CCCO3)[nH]2)cc1C(=O)N1CCC(F)(c2ccc(C#N)cc2)CC1. The highest BCUT2D eigenvalue weighted by Crippen LogP contribution is 2.42. The van der Waals surface area contributed by atoms with Crippen molar-refractivity contribution in [1.82, 2.24) is 20.1 Å². The number of rotatable bonds is 6. The van der Waals surface area contributed by atoms with Gasteiger partial charge < -0.3 is 14.6 Å². The monoisotopic (exact) mass is 527 g/mol. The number of nitrogens with zero attached hydrogens (tertiary/aromatic N) is 4. The van der Waals surface area contributed by atoms with E-state index in [1.165, 1.54) is 12.0 Å². The fourth-order valence-electron chi connectivity index (χ4n) is 6.12. The van der Waals surface area contributed by atoms with Crippen molar-refractivity contribution >= 4 is 5.91 Å². The van der Waals surface area contributed by atoms with E-state index in [1.807, 2.05) is 13.0 Å². The molecule has 0 unspecified atom stereocenters. The second kappa shape index (κ2) is 10.5. The van der Waals surface area contributed by atoms with Crippen molar-refractivity contribution in [2.45, 2.75) is 76.0 Å². The average molecular weight is 528 g/mol. The number of ether oxygens (including phenoxy) is 1. The first-order valence-electron chi connectivity index (χ1n) is 14.1. The number of aromatic nitrogens is 3. The number of H-pyrrole nitrogens is 1. The smallest absolute Gasteiger partial charge is 0.254 e. The number of likely N-dealkylation sites (tertiary alicyclic amines) is 1. The van der Waals surface area contributed by atoms with E-state index >= 15 is 4.39 Å². The summed E-state index contributed by atoms with van der Waals surface area (Å²) in [6.07, 6.45) is 6.94. The molecule has 8 heteroatoms. The summed E-state index contributed by atoms with van der Waals surface area (Å²) >= 11 is 0. The Morgan fingerprint density at radius 1 is 1.15 bits per heavy atom. The molecule has 1 atom stereocenters. The lowest BCUT2D eigenvalue weighted by Crippen LogP contribution is -2.43. The number of aryl methyl sites for hydroxylation is 1. The molecule has 39 heavy (non-hydrogen) atoms. The number of hydrogen-bond donors (Lipinski definition) is 1. The zero-order valence-corrected chi connectivity index (χ0v) is 22.4. The number of hydrogen-bond acceptors (Lipinski definition) is 5. The quantitative estimate of drug-likeness (QED) is 0.441. The molecule has 2 aromatic carbocycles. The van der Waals surface area contributed by atoms with Gasteiger partial charge in [0.1, 0.15) is 11.5 Å². The van der Waals surface area contributed by atoms with E-state index in [0.717, 1.165) is 49.2 Å². The second-order valence-electron chi connectivity index (χ2n) is 11.3. The molecule has 1 N–H and O–H groups in total. The molecule has 7 nitrogen and oxygen atoms in total. The van der Waals surface area contributed by atoms with Gasteiger partial charge in [0.15, 0.2) is 5.82 Å². The molecule has 6 rings (SSSR count). The van der Waals surface area contributed by atoms with Crippen molar-refractivity contribution in [3.63, 3.8) is 0 Å². The van der Waals surface area contributed by atoms with Gasteiger partial charge >= 0.3 is 0 Å². The Hall–Kier alpha value is -3.57. The maximum Gasteiger partial charge on any atom is 0.254 e. The summed E-state index contributed by atoms with van der Waals surface area (Å²) in [6.45, 7) is 3.46. The minimum absolute atomic E-state index is 0.0742. The van der Waals surface area contributed by atoms with Gasteiger partial charge in [-0.05, 0) is 73.4 Å². The third-order valence-corrected chi connectivity index (χ3v) is 8.78. The van der Waals surface area contributed by atoms with Crippen LogP contribution >= 0.6 is 0 Å². The summed E-state index contributed by atoms with van der Waals surface area (Å²) in [5.74, 6) is 1.89. The summed E-state index contributed by atoms with van der Waals surface area (Å²) in [5, 5.41) is 17.9. The topological polar surface area (TPSA) is 94.9 Å². The molecule has 1 saturated carbocycles. The minimum Gasteiger partial charge on any atom is -0.378 e. The predicted molar refractivity (Wildman–Crippen MR) is 145 cm³/mol. The Kier molecular flexibility index (Phi) is 6.94. The van der Waals surface area contributed by atoms with Gasteiger partial charge in [-0.1, -0.05) is 24.6 Å². The van der Waals surface area contributed by atoms with Crippen LogP contribution in [-0.4, -0.2) is 51.8 Å². The summed E-state index contributed by atoms with van der Waals surface area (Å²) in [7, 11) is 0. The van der Waals surface area contributed by atoms with Crippen LogP contribution in [0.1, 0.15) is 89.3 Å². The number of piperidine rings is 1. The Morgan fingerprint density at radius 2 is 1.92 bits per heavy atom. The van der Waals surface area contributed by atoms with Gasteiger partial charge in [-0.25, -0.2) is 4.39 Å². The fourth-order valence-corrected chi connectivity index (χ4v) is 6.12. The molecule has 2 saturated heterocycles. The highest BCUT2D eigenvalue weighted by atomic mass is 19.1. The van der Waals surface area contributed by atoms with Crippen LogP contribution in [0.2, 0.25) is 0 Å². The van der Waals surface area contributed by atoms with Crippen molar-refractivity contribution in [3.8, 4) is 17.5 Å². The molecule has 3 fully saturated rings. The summed E-state index contributed by atoms with van der Waals surface area (Å²) in [4.78, 5) is 18.9. The van der Waals surface area contributed by atoms with E-state index in [1.54, 1.807) is 29.2 Å². The maximum absolute atomic E-state index is 15.8. The van der Waals surface area contributed by atoms with Crippen molar-refractivity contribution in [3.05, 3.63) is 70.0 Å². The van der Waals surface area contributed by atoms with E-state index in [2.05, 4.69) is 27.3 Å². The zero-order chi connectivity index (χ0) is 27.0. The van der Waals surface area contributed by atoms with Crippen LogP contribution in [0.25, 0.3) is 11.4 Å². The van der Waals surface area contributed by atoms with Gasteiger partial charge in [-0.3, -0.25) is 4.79 Å². The van der Waals surface area contributed by atoms with Crippen LogP contribution in [0, 0.1) is 18.3 Å². The Morgan fingerprint density at radius 3 is 2.56 bits per heavy atom.